The summed E-state index contributed by atoms with van der Waals surface area (Å²) in [6.07, 6.45) is -6.59. The number of amides is 1. The lowest BCUT2D eigenvalue weighted by Gasteiger charge is -2.26. The highest BCUT2D eigenvalue weighted by molar-refractivity contribution is 5.85. The molecule has 0 radical (unpaired) electrons. The van der Waals surface area contributed by atoms with Crippen molar-refractivity contribution in [2.45, 2.75) is 24.9 Å². The SMILES string of the molecule is COc1c(N2C[C@H](OC(F)(F)F)CC2C(N)=O)ccc(F)c1F. The van der Waals surface area contributed by atoms with E-state index in [1.807, 2.05) is 0 Å². The molecule has 1 aliphatic heterocycles. The fourth-order valence-electron chi connectivity index (χ4n) is 2.55. The second-order valence-electron chi connectivity index (χ2n) is 4.91. The molecule has 1 aromatic rings. The second kappa shape index (κ2) is 6.19. The zero-order valence-electron chi connectivity index (χ0n) is 11.9. The van der Waals surface area contributed by atoms with E-state index in [4.69, 9.17) is 10.5 Å². The number of carbonyl (C=O) groups excluding carboxylic acids is 1. The maximum absolute atomic E-state index is 13.8. The highest BCUT2D eigenvalue weighted by Gasteiger charge is 2.43. The topological polar surface area (TPSA) is 64.8 Å². The Hall–Kier alpha value is -2.10. The smallest absolute Gasteiger partial charge is 0.491 e. The average Bonchev–Trinajstić information content (AvgIpc) is 2.83. The standard InChI is InChI=1S/C13H13F5N2O3/c1-22-11-8(3-2-7(14)10(11)15)20-5-6(23-13(16,17)18)4-9(20)12(19)21/h2-3,6,9H,4-5H2,1H3,(H2,19,21)/t6-,9?/m1/s1. The van der Waals surface area contributed by atoms with Crippen molar-refractivity contribution in [1.82, 2.24) is 0 Å². The van der Waals surface area contributed by atoms with E-state index >= 15 is 0 Å². The van der Waals surface area contributed by atoms with Gasteiger partial charge >= 0.3 is 6.36 Å². The number of hydrogen-bond acceptors (Lipinski definition) is 4. The summed E-state index contributed by atoms with van der Waals surface area (Å²) in [5.74, 6) is -3.94. The number of ether oxygens (including phenoxy) is 2. The van der Waals surface area contributed by atoms with Crippen LogP contribution < -0.4 is 15.4 Å². The van der Waals surface area contributed by atoms with Crippen molar-refractivity contribution >= 4 is 11.6 Å². The van der Waals surface area contributed by atoms with Gasteiger partial charge in [-0.1, -0.05) is 0 Å². The zero-order chi connectivity index (χ0) is 17.4. The van der Waals surface area contributed by atoms with Crippen molar-refractivity contribution in [1.29, 1.82) is 0 Å². The number of hydrogen-bond donors (Lipinski definition) is 1. The Bertz CT molecular complexity index is 608. The second-order valence-corrected chi connectivity index (χ2v) is 4.91. The maximum atomic E-state index is 13.8. The molecular weight excluding hydrogens is 327 g/mol. The summed E-state index contributed by atoms with van der Waals surface area (Å²) in [7, 11) is 1.07. The van der Waals surface area contributed by atoms with Crippen LogP contribution in [-0.2, 0) is 9.53 Å². The van der Waals surface area contributed by atoms with Crippen LogP contribution in [0.25, 0.3) is 0 Å². The van der Waals surface area contributed by atoms with Crippen molar-refractivity contribution in [3.8, 4) is 5.75 Å². The van der Waals surface area contributed by atoms with Gasteiger partial charge < -0.3 is 15.4 Å². The number of halogens is 5. The summed E-state index contributed by atoms with van der Waals surface area (Å²) in [5.41, 5.74) is 5.10. The van der Waals surface area contributed by atoms with Crippen LogP contribution in [0.4, 0.5) is 27.6 Å². The lowest BCUT2D eigenvalue weighted by molar-refractivity contribution is -0.339. The third-order valence-electron chi connectivity index (χ3n) is 3.43. The van der Waals surface area contributed by atoms with Crippen LogP contribution in [0.5, 0.6) is 5.75 Å². The molecule has 2 rings (SSSR count). The van der Waals surface area contributed by atoms with Gasteiger partial charge in [0.1, 0.15) is 6.04 Å². The minimum Gasteiger partial charge on any atom is -0.491 e. The first-order chi connectivity index (χ1) is 10.6. The molecule has 2 N–H and O–H groups in total. The number of alkyl halides is 3. The lowest BCUT2D eigenvalue weighted by atomic mass is 10.1. The summed E-state index contributed by atoms with van der Waals surface area (Å²) < 4.78 is 72.7. The number of rotatable bonds is 4. The molecule has 1 saturated heterocycles. The molecule has 1 fully saturated rings. The highest BCUT2D eigenvalue weighted by Crippen LogP contribution is 2.38. The Morgan fingerprint density at radius 2 is 2.00 bits per heavy atom. The maximum Gasteiger partial charge on any atom is 0.522 e. The molecule has 1 amide bonds. The Morgan fingerprint density at radius 1 is 1.35 bits per heavy atom. The normalized spacial score (nSPS) is 21.6. The third-order valence-corrected chi connectivity index (χ3v) is 3.43. The van der Waals surface area contributed by atoms with E-state index in [9.17, 15) is 26.7 Å². The molecule has 1 aliphatic rings. The predicted octanol–water partition coefficient (Wildman–Crippen LogP) is 1.94. The summed E-state index contributed by atoms with van der Waals surface area (Å²) in [6, 6.07) is 0.716. The minimum atomic E-state index is -4.89. The van der Waals surface area contributed by atoms with Gasteiger partial charge in [-0.3, -0.25) is 9.53 Å². The van der Waals surface area contributed by atoms with Gasteiger partial charge in [0.15, 0.2) is 11.6 Å². The first-order valence-corrected chi connectivity index (χ1v) is 6.46. The summed E-state index contributed by atoms with van der Waals surface area (Å²) in [4.78, 5) is 12.6. The molecule has 1 unspecified atom stereocenters. The van der Waals surface area contributed by atoms with Gasteiger partial charge in [0.25, 0.3) is 0 Å². The number of benzene rings is 1. The van der Waals surface area contributed by atoms with Crippen molar-refractivity contribution in [3.05, 3.63) is 23.8 Å². The summed E-state index contributed by atoms with van der Waals surface area (Å²) in [6.45, 7) is -0.380. The van der Waals surface area contributed by atoms with E-state index in [-0.39, 0.29) is 18.7 Å². The molecule has 1 aromatic carbocycles. The quantitative estimate of drug-likeness (QED) is 0.851. The van der Waals surface area contributed by atoms with Gasteiger partial charge in [-0.05, 0) is 12.1 Å². The predicted molar refractivity (Wildman–Crippen MR) is 68.8 cm³/mol. The third kappa shape index (κ3) is 3.63. The van der Waals surface area contributed by atoms with E-state index in [2.05, 4.69) is 4.74 Å². The lowest BCUT2D eigenvalue weighted by Crippen LogP contribution is -2.40. The number of nitrogens with zero attached hydrogens (tertiary/aromatic N) is 1. The van der Waals surface area contributed by atoms with Crippen molar-refractivity contribution < 1.29 is 36.2 Å². The molecule has 128 valence electrons. The number of methoxy groups -OCH3 is 1. The number of nitrogens with two attached hydrogens (primary N) is 1. The Morgan fingerprint density at radius 3 is 2.52 bits per heavy atom. The summed E-state index contributed by atoms with van der Waals surface area (Å²) in [5, 5.41) is 0. The van der Waals surface area contributed by atoms with Crippen LogP contribution in [-0.4, -0.2) is 38.1 Å². The molecule has 0 spiro atoms. The average molecular weight is 340 g/mol. The van der Waals surface area contributed by atoms with E-state index in [0.717, 1.165) is 24.1 Å². The number of primary amides is 1. The zero-order valence-corrected chi connectivity index (χ0v) is 11.9. The highest BCUT2D eigenvalue weighted by atomic mass is 19.4. The molecule has 0 aromatic heterocycles. The first-order valence-electron chi connectivity index (χ1n) is 6.46. The van der Waals surface area contributed by atoms with Crippen molar-refractivity contribution in [2.24, 2.45) is 5.73 Å². The van der Waals surface area contributed by atoms with Gasteiger partial charge in [-0.2, -0.15) is 4.39 Å². The fraction of sp³-hybridized carbons (Fsp3) is 0.462. The molecule has 23 heavy (non-hydrogen) atoms. The van der Waals surface area contributed by atoms with Gasteiger partial charge in [0.2, 0.25) is 11.7 Å². The Balaban J connectivity index is 2.37. The molecule has 1 heterocycles. The van der Waals surface area contributed by atoms with E-state index in [1.54, 1.807) is 0 Å². The number of anilines is 1. The van der Waals surface area contributed by atoms with Crippen molar-refractivity contribution in [2.75, 3.05) is 18.6 Å². The molecule has 10 heteroatoms. The van der Waals surface area contributed by atoms with Gasteiger partial charge in [-0.25, -0.2) is 4.39 Å². The molecule has 2 atom stereocenters. The van der Waals surface area contributed by atoms with Crippen LogP contribution in [0.1, 0.15) is 6.42 Å². The molecule has 0 bridgehead atoms. The van der Waals surface area contributed by atoms with E-state index in [0.29, 0.717) is 0 Å². The summed E-state index contributed by atoms with van der Waals surface area (Å²) >= 11 is 0. The van der Waals surface area contributed by atoms with E-state index in [1.165, 1.54) is 0 Å². The van der Waals surface area contributed by atoms with Crippen molar-refractivity contribution in [3.63, 3.8) is 0 Å². The van der Waals surface area contributed by atoms with Crippen LogP contribution in [0.2, 0.25) is 0 Å². The number of carbonyl (C=O) groups is 1. The Kier molecular flexibility index (Phi) is 4.64. The monoisotopic (exact) mass is 340 g/mol. The van der Waals surface area contributed by atoms with Crippen LogP contribution >= 0.6 is 0 Å². The molecular formula is C13H13F5N2O3. The molecule has 0 saturated carbocycles. The molecule has 0 aliphatic carbocycles. The van der Waals surface area contributed by atoms with Crippen LogP contribution in [0.3, 0.4) is 0 Å². The van der Waals surface area contributed by atoms with Gasteiger partial charge in [0, 0.05) is 13.0 Å². The van der Waals surface area contributed by atoms with Gasteiger partial charge in [-0.15, -0.1) is 13.2 Å². The fourth-order valence-corrected chi connectivity index (χ4v) is 2.55. The first kappa shape index (κ1) is 17.3. The molecule has 5 nitrogen and oxygen atoms in total. The minimum absolute atomic E-state index is 0.0801. The van der Waals surface area contributed by atoms with Crippen LogP contribution in [0, 0.1) is 11.6 Å². The largest absolute Gasteiger partial charge is 0.522 e. The van der Waals surface area contributed by atoms with Crippen LogP contribution in [0.15, 0.2) is 12.1 Å². The van der Waals surface area contributed by atoms with E-state index < -0.39 is 41.8 Å². The Labute approximate surface area is 127 Å². The van der Waals surface area contributed by atoms with Gasteiger partial charge in [0.05, 0.1) is 18.9 Å².